The molecule has 0 unspecified atom stereocenters. The highest BCUT2D eigenvalue weighted by molar-refractivity contribution is 5.31. The first kappa shape index (κ1) is 11.3. The molecular weight excluding hydrogens is 181 g/mol. The molecular formula is C8H7F3N2. The Morgan fingerprint density at radius 1 is 1.38 bits per heavy atom. The number of alkyl halides is 3. The van der Waals surface area contributed by atoms with Crippen molar-refractivity contribution >= 4 is 0 Å². The van der Waals surface area contributed by atoms with Gasteiger partial charge in [-0.3, -0.25) is 0 Å². The van der Waals surface area contributed by atoms with Crippen LogP contribution in [0.1, 0.15) is 0 Å². The van der Waals surface area contributed by atoms with E-state index in [1.807, 2.05) is 0 Å². The third-order valence-corrected chi connectivity index (χ3v) is 1.12. The Labute approximate surface area is 73.5 Å². The van der Waals surface area contributed by atoms with E-state index < -0.39 is 11.7 Å². The van der Waals surface area contributed by atoms with Crippen LogP contribution in [0.15, 0.2) is 36.1 Å². The molecule has 0 fully saturated rings. The summed E-state index contributed by atoms with van der Waals surface area (Å²) in [5.74, 6) is 0. The standard InChI is InChI=1S/C8H7F3N2/c1-2-6(8(9,10)11)3-4-7(13)5-12/h2-4H,1,13H2/b6-3+,7-4-. The van der Waals surface area contributed by atoms with Gasteiger partial charge >= 0.3 is 6.18 Å². The summed E-state index contributed by atoms with van der Waals surface area (Å²) in [6.07, 6.45) is -2.23. The molecule has 0 saturated carbocycles. The van der Waals surface area contributed by atoms with Gasteiger partial charge in [0.25, 0.3) is 0 Å². The number of nitrogens with zero attached hydrogens (tertiary/aromatic N) is 1. The molecule has 2 N–H and O–H groups in total. The van der Waals surface area contributed by atoms with Crippen LogP contribution < -0.4 is 5.73 Å². The van der Waals surface area contributed by atoms with E-state index in [2.05, 4.69) is 6.58 Å². The largest absolute Gasteiger partial charge is 0.416 e. The molecule has 0 amide bonds. The average Bonchev–Trinajstić information content (AvgIpc) is 2.02. The first-order valence-electron chi connectivity index (χ1n) is 3.19. The lowest BCUT2D eigenvalue weighted by Crippen LogP contribution is -2.09. The molecule has 5 heteroatoms. The van der Waals surface area contributed by atoms with Gasteiger partial charge in [0.2, 0.25) is 0 Å². The molecule has 0 atom stereocenters. The van der Waals surface area contributed by atoms with E-state index in [1.54, 1.807) is 0 Å². The van der Waals surface area contributed by atoms with E-state index in [0.29, 0.717) is 12.2 Å². The second-order valence-electron chi connectivity index (χ2n) is 2.06. The van der Waals surface area contributed by atoms with Gasteiger partial charge in [-0.1, -0.05) is 12.7 Å². The molecule has 13 heavy (non-hydrogen) atoms. The molecule has 0 aliphatic carbocycles. The highest BCUT2D eigenvalue weighted by atomic mass is 19.4. The fourth-order valence-corrected chi connectivity index (χ4v) is 0.495. The molecule has 0 radical (unpaired) electrons. The zero-order chi connectivity index (χ0) is 10.5. The Kier molecular flexibility index (Phi) is 3.79. The normalized spacial score (nSPS) is 13.7. The molecule has 0 aromatic carbocycles. The van der Waals surface area contributed by atoms with Crippen LogP contribution in [0.25, 0.3) is 0 Å². The molecule has 2 nitrogen and oxygen atoms in total. The van der Waals surface area contributed by atoms with Gasteiger partial charge in [-0.25, -0.2) is 0 Å². The molecule has 0 bridgehead atoms. The fourth-order valence-electron chi connectivity index (χ4n) is 0.495. The summed E-state index contributed by atoms with van der Waals surface area (Å²) >= 11 is 0. The van der Waals surface area contributed by atoms with Crippen LogP contribution in [-0.4, -0.2) is 6.18 Å². The lowest BCUT2D eigenvalue weighted by Gasteiger charge is -2.04. The van der Waals surface area contributed by atoms with Crippen molar-refractivity contribution < 1.29 is 13.2 Å². The van der Waals surface area contributed by atoms with Crippen molar-refractivity contribution in [2.75, 3.05) is 0 Å². The maximum absolute atomic E-state index is 12.0. The average molecular weight is 188 g/mol. The minimum Gasteiger partial charge on any atom is -0.390 e. The third kappa shape index (κ3) is 4.01. The highest BCUT2D eigenvalue weighted by Crippen LogP contribution is 2.25. The van der Waals surface area contributed by atoms with E-state index in [-0.39, 0.29) is 5.70 Å². The number of rotatable bonds is 2. The van der Waals surface area contributed by atoms with Crippen molar-refractivity contribution in [1.82, 2.24) is 0 Å². The third-order valence-electron chi connectivity index (χ3n) is 1.12. The summed E-state index contributed by atoms with van der Waals surface area (Å²) in [6.45, 7) is 2.99. The topological polar surface area (TPSA) is 49.8 Å². The predicted octanol–water partition coefficient (Wildman–Crippen LogP) is 2.03. The predicted molar refractivity (Wildman–Crippen MR) is 42.2 cm³/mol. The van der Waals surface area contributed by atoms with Crippen LogP contribution in [0.4, 0.5) is 13.2 Å². The maximum atomic E-state index is 12.0. The van der Waals surface area contributed by atoms with E-state index in [0.717, 1.165) is 6.08 Å². The van der Waals surface area contributed by atoms with Crippen molar-refractivity contribution in [2.45, 2.75) is 6.18 Å². The van der Waals surface area contributed by atoms with Gasteiger partial charge < -0.3 is 5.73 Å². The van der Waals surface area contributed by atoms with Crippen LogP contribution in [0.3, 0.4) is 0 Å². The molecule has 0 saturated heterocycles. The maximum Gasteiger partial charge on any atom is 0.416 e. The van der Waals surface area contributed by atoms with Gasteiger partial charge in [0, 0.05) is 0 Å². The number of nitrogens with two attached hydrogens (primary N) is 1. The monoisotopic (exact) mass is 188 g/mol. The van der Waals surface area contributed by atoms with Gasteiger partial charge in [0.05, 0.1) is 5.57 Å². The Morgan fingerprint density at radius 2 is 1.92 bits per heavy atom. The second kappa shape index (κ2) is 4.36. The molecule has 70 valence electrons. The molecule has 0 aliphatic heterocycles. The van der Waals surface area contributed by atoms with Gasteiger partial charge in [0.15, 0.2) is 0 Å². The van der Waals surface area contributed by atoms with E-state index in [1.165, 1.54) is 6.07 Å². The van der Waals surface area contributed by atoms with Crippen molar-refractivity contribution in [3.8, 4) is 6.07 Å². The molecule has 0 aromatic heterocycles. The number of allylic oxidation sites excluding steroid dienone is 5. The highest BCUT2D eigenvalue weighted by Gasteiger charge is 2.30. The lowest BCUT2D eigenvalue weighted by molar-refractivity contribution is -0.0881. The van der Waals surface area contributed by atoms with Crippen LogP contribution in [0.2, 0.25) is 0 Å². The van der Waals surface area contributed by atoms with Gasteiger partial charge in [0.1, 0.15) is 11.8 Å². The minimum atomic E-state index is -4.46. The Morgan fingerprint density at radius 3 is 2.23 bits per heavy atom. The molecule has 0 rings (SSSR count). The second-order valence-corrected chi connectivity index (χ2v) is 2.06. The lowest BCUT2D eigenvalue weighted by atomic mass is 10.2. The summed E-state index contributed by atoms with van der Waals surface area (Å²) in [4.78, 5) is 0. The smallest absolute Gasteiger partial charge is 0.390 e. The minimum absolute atomic E-state index is 0.288. The molecule has 0 aromatic rings. The summed E-state index contributed by atoms with van der Waals surface area (Å²) in [5.41, 5.74) is 3.75. The van der Waals surface area contributed by atoms with Crippen molar-refractivity contribution in [2.24, 2.45) is 5.73 Å². The van der Waals surface area contributed by atoms with Crippen LogP contribution in [-0.2, 0) is 0 Å². The molecule has 0 aliphatic rings. The summed E-state index contributed by atoms with van der Waals surface area (Å²) < 4.78 is 35.9. The van der Waals surface area contributed by atoms with Crippen molar-refractivity contribution in [1.29, 1.82) is 5.26 Å². The Bertz CT molecular complexity index is 291. The van der Waals surface area contributed by atoms with Crippen LogP contribution in [0, 0.1) is 11.3 Å². The number of hydrogen-bond acceptors (Lipinski definition) is 2. The summed E-state index contributed by atoms with van der Waals surface area (Å²) in [5, 5.41) is 8.14. The number of halogens is 3. The van der Waals surface area contributed by atoms with E-state index in [4.69, 9.17) is 11.0 Å². The molecule has 0 heterocycles. The SMILES string of the molecule is C=C/C(=C\C=C(/N)C#N)C(F)(F)F. The van der Waals surface area contributed by atoms with Crippen LogP contribution >= 0.6 is 0 Å². The zero-order valence-electron chi connectivity index (χ0n) is 6.60. The van der Waals surface area contributed by atoms with Crippen molar-refractivity contribution in [3.63, 3.8) is 0 Å². The van der Waals surface area contributed by atoms with Gasteiger partial charge in [-0.05, 0) is 12.2 Å². The number of nitriles is 1. The zero-order valence-corrected chi connectivity index (χ0v) is 6.60. The van der Waals surface area contributed by atoms with Crippen molar-refractivity contribution in [3.05, 3.63) is 36.1 Å². The van der Waals surface area contributed by atoms with E-state index in [9.17, 15) is 13.2 Å². The first-order chi connectivity index (χ1) is 5.91. The quantitative estimate of drug-likeness (QED) is 0.532. The van der Waals surface area contributed by atoms with Crippen LogP contribution in [0.5, 0.6) is 0 Å². The van der Waals surface area contributed by atoms with Gasteiger partial charge in [-0.15, -0.1) is 0 Å². The Hall–Kier alpha value is -1.70. The number of hydrogen-bond donors (Lipinski definition) is 1. The summed E-state index contributed by atoms with van der Waals surface area (Å²) in [6, 6.07) is 1.49. The van der Waals surface area contributed by atoms with Gasteiger partial charge in [-0.2, -0.15) is 18.4 Å². The van der Waals surface area contributed by atoms with E-state index >= 15 is 0 Å². The summed E-state index contributed by atoms with van der Waals surface area (Å²) in [7, 11) is 0. The Balaban J connectivity index is 4.82. The molecule has 0 spiro atoms. The first-order valence-corrected chi connectivity index (χ1v) is 3.19. The fraction of sp³-hybridized carbons (Fsp3) is 0.125.